The van der Waals surface area contributed by atoms with E-state index in [9.17, 15) is 9.59 Å². The maximum absolute atomic E-state index is 12.4. The van der Waals surface area contributed by atoms with Crippen molar-refractivity contribution in [3.8, 4) is 0 Å². The average Bonchev–Trinajstić information content (AvgIpc) is 3.10. The molecule has 2 fully saturated rings. The monoisotopic (exact) mass is 286 g/mol. The molecule has 1 N–H and O–H groups in total. The maximum atomic E-state index is 12.4. The number of aryl methyl sites for hydroxylation is 1. The number of anilines is 1. The van der Waals surface area contributed by atoms with Gasteiger partial charge in [-0.25, -0.2) is 0 Å². The predicted octanol–water partition coefficient (Wildman–Crippen LogP) is 2.72. The van der Waals surface area contributed by atoms with Gasteiger partial charge in [0, 0.05) is 24.7 Å². The van der Waals surface area contributed by atoms with Crippen LogP contribution in [0.5, 0.6) is 0 Å². The van der Waals surface area contributed by atoms with Crippen molar-refractivity contribution in [2.75, 3.05) is 11.9 Å². The van der Waals surface area contributed by atoms with Gasteiger partial charge in [-0.1, -0.05) is 31.0 Å². The zero-order valence-electron chi connectivity index (χ0n) is 12.5. The first-order valence-electron chi connectivity index (χ1n) is 7.81. The highest BCUT2D eigenvalue weighted by molar-refractivity contribution is 5.97. The summed E-state index contributed by atoms with van der Waals surface area (Å²) >= 11 is 0. The molecule has 4 nitrogen and oxygen atoms in total. The van der Waals surface area contributed by atoms with Crippen LogP contribution in [0.25, 0.3) is 0 Å². The van der Waals surface area contributed by atoms with E-state index in [1.54, 1.807) is 0 Å². The molecule has 0 radical (unpaired) electrons. The molecule has 1 heterocycles. The number of likely N-dealkylation sites (tertiary alicyclic amines) is 1. The molecular formula is C17H22N2O2. The van der Waals surface area contributed by atoms with Gasteiger partial charge in [0.2, 0.25) is 11.8 Å². The van der Waals surface area contributed by atoms with E-state index >= 15 is 0 Å². The Morgan fingerprint density at radius 2 is 1.95 bits per heavy atom. The van der Waals surface area contributed by atoms with E-state index < -0.39 is 0 Å². The second-order valence-corrected chi connectivity index (χ2v) is 6.19. The quantitative estimate of drug-likeness (QED) is 0.929. The Bertz CT molecular complexity index is 549. The molecule has 1 aliphatic heterocycles. The topological polar surface area (TPSA) is 49.4 Å². The van der Waals surface area contributed by atoms with Gasteiger partial charge in [-0.05, 0) is 31.4 Å². The Morgan fingerprint density at radius 3 is 2.67 bits per heavy atom. The highest BCUT2D eigenvalue weighted by atomic mass is 16.2. The van der Waals surface area contributed by atoms with Gasteiger partial charge < -0.3 is 10.2 Å². The number of hydrogen-bond donors (Lipinski definition) is 1. The molecule has 0 spiro atoms. The number of nitrogens with zero attached hydrogens (tertiary/aromatic N) is 1. The van der Waals surface area contributed by atoms with Crippen molar-refractivity contribution in [1.29, 1.82) is 0 Å². The molecule has 0 aromatic heterocycles. The fourth-order valence-electron chi connectivity index (χ4n) is 3.42. The molecule has 2 aliphatic rings. The van der Waals surface area contributed by atoms with Crippen LogP contribution in [-0.2, 0) is 9.59 Å². The van der Waals surface area contributed by atoms with Crippen LogP contribution in [0.4, 0.5) is 5.69 Å². The standard InChI is InChI=1S/C17H22N2O2/c1-12-6-2-5-9-15(12)18-17(21)13-10-16(20)19(11-13)14-7-3-4-8-14/h2,5-6,9,13-14H,3-4,7-8,10-11H2,1H3,(H,18,21)/t13-/m1/s1. The first-order valence-corrected chi connectivity index (χ1v) is 7.81. The predicted molar refractivity (Wildman–Crippen MR) is 81.9 cm³/mol. The average molecular weight is 286 g/mol. The molecule has 4 heteroatoms. The fourth-order valence-corrected chi connectivity index (χ4v) is 3.42. The van der Waals surface area contributed by atoms with Gasteiger partial charge in [-0.15, -0.1) is 0 Å². The number of amides is 2. The highest BCUT2D eigenvalue weighted by Crippen LogP contribution is 2.30. The molecule has 1 aromatic carbocycles. The van der Waals surface area contributed by atoms with Crippen molar-refractivity contribution in [3.63, 3.8) is 0 Å². The van der Waals surface area contributed by atoms with Crippen LogP contribution in [0.15, 0.2) is 24.3 Å². The summed E-state index contributed by atoms with van der Waals surface area (Å²) in [5.41, 5.74) is 1.89. The van der Waals surface area contributed by atoms with Crippen LogP contribution in [0.1, 0.15) is 37.7 Å². The number of rotatable bonds is 3. The van der Waals surface area contributed by atoms with Gasteiger partial charge >= 0.3 is 0 Å². The van der Waals surface area contributed by atoms with Gasteiger partial charge in [-0.2, -0.15) is 0 Å². The first-order chi connectivity index (χ1) is 10.1. The summed E-state index contributed by atoms with van der Waals surface area (Å²) in [6.45, 7) is 2.56. The number of benzene rings is 1. The van der Waals surface area contributed by atoms with E-state index in [1.165, 1.54) is 12.8 Å². The second-order valence-electron chi connectivity index (χ2n) is 6.19. The molecule has 21 heavy (non-hydrogen) atoms. The zero-order valence-corrected chi connectivity index (χ0v) is 12.5. The molecule has 0 bridgehead atoms. The molecular weight excluding hydrogens is 264 g/mol. The lowest BCUT2D eigenvalue weighted by molar-refractivity contribution is -0.129. The van der Waals surface area contributed by atoms with Gasteiger partial charge in [-0.3, -0.25) is 9.59 Å². The summed E-state index contributed by atoms with van der Waals surface area (Å²) in [6, 6.07) is 8.10. The van der Waals surface area contributed by atoms with E-state index in [2.05, 4.69) is 5.32 Å². The normalized spacial score (nSPS) is 22.8. The minimum atomic E-state index is -0.210. The summed E-state index contributed by atoms with van der Waals surface area (Å²) in [5, 5.41) is 2.97. The van der Waals surface area contributed by atoms with Gasteiger partial charge in [0.05, 0.1) is 5.92 Å². The van der Waals surface area contributed by atoms with Crippen LogP contribution in [0.2, 0.25) is 0 Å². The minimum absolute atomic E-state index is 0.0295. The van der Waals surface area contributed by atoms with Crippen molar-refractivity contribution in [2.24, 2.45) is 5.92 Å². The lowest BCUT2D eigenvalue weighted by Crippen LogP contribution is -2.35. The van der Waals surface area contributed by atoms with Crippen molar-refractivity contribution in [2.45, 2.75) is 45.1 Å². The largest absolute Gasteiger partial charge is 0.339 e. The second kappa shape index (κ2) is 5.88. The lowest BCUT2D eigenvalue weighted by atomic mass is 10.1. The molecule has 1 saturated heterocycles. The van der Waals surface area contributed by atoms with Crippen LogP contribution in [0.3, 0.4) is 0 Å². The number of para-hydroxylation sites is 1. The molecule has 1 atom stereocenters. The Labute approximate surface area is 125 Å². The molecule has 0 unspecified atom stereocenters. The van der Waals surface area contributed by atoms with E-state index in [-0.39, 0.29) is 17.7 Å². The number of nitrogens with one attached hydrogen (secondary N) is 1. The summed E-state index contributed by atoms with van der Waals surface area (Å²) < 4.78 is 0. The van der Waals surface area contributed by atoms with Crippen molar-refractivity contribution in [3.05, 3.63) is 29.8 Å². The van der Waals surface area contributed by atoms with Gasteiger partial charge in [0.1, 0.15) is 0 Å². The highest BCUT2D eigenvalue weighted by Gasteiger charge is 2.38. The Kier molecular flexibility index (Phi) is 3.95. The van der Waals surface area contributed by atoms with Crippen molar-refractivity contribution in [1.82, 2.24) is 4.90 Å². The SMILES string of the molecule is Cc1ccccc1NC(=O)[C@@H]1CC(=O)N(C2CCCC2)C1. The smallest absolute Gasteiger partial charge is 0.229 e. The summed E-state index contributed by atoms with van der Waals surface area (Å²) in [6.07, 6.45) is 4.95. The Hall–Kier alpha value is -1.84. The van der Waals surface area contributed by atoms with E-state index in [0.29, 0.717) is 19.0 Å². The maximum Gasteiger partial charge on any atom is 0.229 e. The molecule has 2 amide bonds. The number of carbonyl (C=O) groups is 2. The fraction of sp³-hybridized carbons (Fsp3) is 0.529. The van der Waals surface area contributed by atoms with Gasteiger partial charge in [0.15, 0.2) is 0 Å². The lowest BCUT2D eigenvalue weighted by Gasteiger charge is -2.23. The third-order valence-corrected chi connectivity index (χ3v) is 4.70. The van der Waals surface area contributed by atoms with Crippen LogP contribution < -0.4 is 5.32 Å². The van der Waals surface area contributed by atoms with E-state index in [1.807, 2.05) is 36.1 Å². The van der Waals surface area contributed by atoms with Crippen LogP contribution in [0, 0.1) is 12.8 Å². The molecule has 112 valence electrons. The van der Waals surface area contributed by atoms with Crippen molar-refractivity contribution >= 4 is 17.5 Å². The first kappa shape index (κ1) is 14.1. The van der Waals surface area contributed by atoms with Crippen LogP contribution >= 0.6 is 0 Å². The van der Waals surface area contributed by atoms with Gasteiger partial charge in [0.25, 0.3) is 0 Å². The number of carbonyl (C=O) groups excluding carboxylic acids is 2. The molecule has 3 rings (SSSR count). The third-order valence-electron chi connectivity index (χ3n) is 4.70. The summed E-state index contributed by atoms with van der Waals surface area (Å²) in [7, 11) is 0. The summed E-state index contributed by atoms with van der Waals surface area (Å²) in [4.78, 5) is 26.5. The van der Waals surface area contributed by atoms with E-state index in [4.69, 9.17) is 0 Å². The molecule has 1 aromatic rings. The van der Waals surface area contributed by atoms with Crippen LogP contribution in [-0.4, -0.2) is 29.3 Å². The minimum Gasteiger partial charge on any atom is -0.339 e. The Balaban J connectivity index is 1.64. The number of hydrogen-bond acceptors (Lipinski definition) is 2. The van der Waals surface area contributed by atoms with Crippen molar-refractivity contribution < 1.29 is 9.59 Å². The third kappa shape index (κ3) is 2.94. The summed E-state index contributed by atoms with van der Waals surface area (Å²) in [5.74, 6) is -0.0947. The van der Waals surface area contributed by atoms with E-state index in [0.717, 1.165) is 24.1 Å². The molecule has 1 aliphatic carbocycles. The Morgan fingerprint density at radius 1 is 1.24 bits per heavy atom. The zero-order chi connectivity index (χ0) is 14.8. The molecule has 1 saturated carbocycles.